The standard InChI is InChI=1S/C16H20F3N/c1-2-11-20-15(12-5-3-4-6-12)13-7-9-14(10-8-13)16(17,18)19/h5,7-10,15,20H,2-4,6,11H2,1H3. The Labute approximate surface area is 117 Å². The SMILES string of the molecule is CCCNC(C1=CCCC1)c1ccc(C(F)(F)F)cc1. The van der Waals surface area contributed by atoms with Crippen LogP contribution in [0.1, 0.15) is 49.8 Å². The van der Waals surface area contributed by atoms with Crippen molar-refractivity contribution in [3.05, 3.63) is 47.0 Å². The van der Waals surface area contributed by atoms with Gasteiger partial charge in [0.15, 0.2) is 0 Å². The monoisotopic (exact) mass is 283 g/mol. The van der Waals surface area contributed by atoms with Crippen molar-refractivity contribution in [3.8, 4) is 0 Å². The zero-order valence-corrected chi connectivity index (χ0v) is 11.6. The second kappa shape index (κ2) is 6.44. The minimum Gasteiger partial charge on any atom is -0.307 e. The second-order valence-electron chi connectivity index (χ2n) is 5.18. The molecule has 1 N–H and O–H groups in total. The Morgan fingerprint density at radius 2 is 1.90 bits per heavy atom. The van der Waals surface area contributed by atoms with Crippen molar-refractivity contribution in [2.24, 2.45) is 0 Å². The van der Waals surface area contributed by atoms with Crippen molar-refractivity contribution < 1.29 is 13.2 Å². The number of allylic oxidation sites excluding steroid dienone is 1. The smallest absolute Gasteiger partial charge is 0.307 e. The summed E-state index contributed by atoms with van der Waals surface area (Å²) in [4.78, 5) is 0. The summed E-state index contributed by atoms with van der Waals surface area (Å²) in [5.74, 6) is 0. The lowest BCUT2D eigenvalue weighted by molar-refractivity contribution is -0.137. The van der Waals surface area contributed by atoms with Gasteiger partial charge in [0, 0.05) is 0 Å². The van der Waals surface area contributed by atoms with E-state index in [2.05, 4.69) is 18.3 Å². The van der Waals surface area contributed by atoms with Gasteiger partial charge in [-0.15, -0.1) is 0 Å². The van der Waals surface area contributed by atoms with Crippen LogP contribution in [-0.4, -0.2) is 6.54 Å². The Morgan fingerprint density at radius 1 is 1.20 bits per heavy atom. The lowest BCUT2D eigenvalue weighted by Gasteiger charge is -2.21. The fourth-order valence-electron chi connectivity index (χ4n) is 2.57. The minimum atomic E-state index is -4.27. The number of hydrogen-bond donors (Lipinski definition) is 1. The molecule has 1 aromatic carbocycles. The van der Waals surface area contributed by atoms with Crippen molar-refractivity contribution in [1.82, 2.24) is 5.32 Å². The van der Waals surface area contributed by atoms with Gasteiger partial charge in [0.05, 0.1) is 11.6 Å². The molecule has 0 heterocycles. The molecule has 1 unspecified atom stereocenters. The number of rotatable bonds is 5. The van der Waals surface area contributed by atoms with Crippen molar-refractivity contribution in [2.75, 3.05) is 6.54 Å². The fraction of sp³-hybridized carbons (Fsp3) is 0.500. The van der Waals surface area contributed by atoms with Crippen molar-refractivity contribution >= 4 is 0 Å². The fourth-order valence-corrected chi connectivity index (χ4v) is 2.57. The summed E-state index contributed by atoms with van der Waals surface area (Å²) in [6.07, 6.45) is 2.19. The van der Waals surface area contributed by atoms with Crippen LogP contribution in [-0.2, 0) is 6.18 Å². The van der Waals surface area contributed by atoms with Gasteiger partial charge < -0.3 is 5.32 Å². The highest BCUT2D eigenvalue weighted by Gasteiger charge is 2.30. The van der Waals surface area contributed by atoms with Crippen LogP contribution in [0.4, 0.5) is 13.2 Å². The van der Waals surface area contributed by atoms with Crippen LogP contribution in [0.5, 0.6) is 0 Å². The molecule has 1 aromatic rings. The van der Waals surface area contributed by atoms with Gasteiger partial charge >= 0.3 is 6.18 Å². The molecule has 0 radical (unpaired) electrons. The zero-order valence-electron chi connectivity index (χ0n) is 11.6. The summed E-state index contributed by atoms with van der Waals surface area (Å²) in [6, 6.07) is 5.58. The summed E-state index contributed by atoms with van der Waals surface area (Å²) >= 11 is 0. The molecule has 0 spiro atoms. The van der Waals surface area contributed by atoms with Gasteiger partial charge in [-0.05, 0) is 49.9 Å². The van der Waals surface area contributed by atoms with Crippen molar-refractivity contribution in [3.63, 3.8) is 0 Å². The van der Waals surface area contributed by atoms with E-state index in [-0.39, 0.29) is 6.04 Å². The molecule has 0 saturated heterocycles. The molecule has 0 aliphatic heterocycles. The van der Waals surface area contributed by atoms with E-state index in [0.29, 0.717) is 0 Å². The van der Waals surface area contributed by atoms with Crippen LogP contribution in [0.2, 0.25) is 0 Å². The molecule has 4 heteroatoms. The Bertz CT molecular complexity index is 460. The van der Waals surface area contributed by atoms with E-state index in [4.69, 9.17) is 0 Å². The molecule has 0 saturated carbocycles. The Kier molecular flexibility index (Phi) is 4.86. The number of alkyl halides is 3. The van der Waals surface area contributed by atoms with Gasteiger partial charge in [-0.2, -0.15) is 13.2 Å². The second-order valence-corrected chi connectivity index (χ2v) is 5.18. The molecule has 2 rings (SSSR count). The first-order valence-electron chi connectivity index (χ1n) is 7.12. The molecule has 0 aromatic heterocycles. The summed E-state index contributed by atoms with van der Waals surface area (Å²) in [6.45, 7) is 2.95. The maximum Gasteiger partial charge on any atom is 0.416 e. The lowest BCUT2D eigenvalue weighted by Crippen LogP contribution is -2.23. The van der Waals surface area contributed by atoms with Gasteiger partial charge in [-0.1, -0.05) is 30.7 Å². The van der Waals surface area contributed by atoms with Crippen LogP contribution < -0.4 is 5.32 Å². The molecule has 1 atom stereocenters. The Balaban J connectivity index is 2.20. The third-order valence-electron chi connectivity index (χ3n) is 3.62. The number of nitrogens with one attached hydrogen (secondary N) is 1. The van der Waals surface area contributed by atoms with Crippen LogP contribution >= 0.6 is 0 Å². The molecular formula is C16H20F3N. The van der Waals surface area contributed by atoms with Gasteiger partial charge in [-0.25, -0.2) is 0 Å². The average Bonchev–Trinajstić information content (AvgIpc) is 2.93. The summed E-state index contributed by atoms with van der Waals surface area (Å²) in [7, 11) is 0. The molecule has 0 fully saturated rings. The normalized spacial score (nSPS) is 17.1. The van der Waals surface area contributed by atoms with E-state index in [0.717, 1.165) is 37.8 Å². The number of benzene rings is 1. The maximum atomic E-state index is 12.6. The van der Waals surface area contributed by atoms with Crippen LogP contribution in [0.25, 0.3) is 0 Å². The summed E-state index contributed by atoms with van der Waals surface area (Å²) < 4.78 is 37.8. The van der Waals surface area contributed by atoms with E-state index < -0.39 is 11.7 Å². The molecule has 0 amide bonds. The highest BCUT2D eigenvalue weighted by atomic mass is 19.4. The molecule has 0 bridgehead atoms. The molecule has 1 aliphatic rings. The Hall–Kier alpha value is -1.29. The largest absolute Gasteiger partial charge is 0.416 e. The first-order chi connectivity index (χ1) is 9.52. The topological polar surface area (TPSA) is 12.0 Å². The zero-order chi connectivity index (χ0) is 14.6. The summed E-state index contributed by atoms with van der Waals surface area (Å²) in [5, 5.41) is 3.44. The van der Waals surface area contributed by atoms with E-state index in [9.17, 15) is 13.2 Å². The van der Waals surface area contributed by atoms with E-state index in [1.807, 2.05) is 0 Å². The van der Waals surface area contributed by atoms with E-state index >= 15 is 0 Å². The molecule has 1 nitrogen and oxygen atoms in total. The molecule has 110 valence electrons. The summed E-state index contributed by atoms with van der Waals surface area (Å²) in [5.41, 5.74) is 1.63. The van der Waals surface area contributed by atoms with Gasteiger partial charge in [0.2, 0.25) is 0 Å². The van der Waals surface area contributed by atoms with Crippen LogP contribution in [0, 0.1) is 0 Å². The van der Waals surface area contributed by atoms with Gasteiger partial charge in [0.25, 0.3) is 0 Å². The molecular weight excluding hydrogens is 263 g/mol. The Morgan fingerprint density at radius 3 is 2.40 bits per heavy atom. The van der Waals surface area contributed by atoms with Gasteiger partial charge in [0.1, 0.15) is 0 Å². The van der Waals surface area contributed by atoms with Crippen molar-refractivity contribution in [1.29, 1.82) is 0 Å². The highest BCUT2D eigenvalue weighted by molar-refractivity contribution is 5.33. The maximum absolute atomic E-state index is 12.6. The quantitative estimate of drug-likeness (QED) is 0.761. The van der Waals surface area contributed by atoms with Gasteiger partial charge in [-0.3, -0.25) is 0 Å². The van der Waals surface area contributed by atoms with Crippen molar-refractivity contribution in [2.45, 2.75) is 44.8 Å². The van der Waals surface area contributed by atoms with Crippen LogP contribution in [0.15, 0.2) is 35.9 Å². The van der Waals surface area contributed by atoms with E-state index in [1.165, 1.54) is 17.7 Å². The first kappa shape index (κ1) is 15.1. The lowest BCUT2D eigenvalue weighted by atomic mass is 9.97. The first-order valence-corrected chi connectivity index (χ1v) is 7.12. The van der Waals surface area contributed by atoms with E-state index in [1.54, 1.807) is 12.1 Å². The number of hydrogen-bond acceptors (Lipinski definition) is 1. The third-order valence-corrected chi connectivity index (χ3v) is 3.62. The minimum absolute atomic E-state index is 0.0553. The predicted molar refractivity (Wildman–Crippen MR) is 74.4 cm³/mol. The predicted octanol–water partition coefficient (Wildman–Crippen LogP) is 4.86. The average molecular weight is 283 g/mol. The molecule has 20 heavy (non-hydrogen) atoms. The number of halogens is 3. The van der Waals surface area contributed by atoms with Crippen LogP contribution in [0.3, 0.4) is 0 Å². The highest BCUT2D eigenvalue weighted by Crippen LogP contribution is 2.33. The molecule has 1 aliphatic carbocycles. The third kappa shape index (κ3) is 3.63.